The van der Waals surface area contributed by atoms with Crippen LogP contribution in [0.5, 0.6) is 0 Å². The van der Waals surface area contributed by atoms with E-state index in [-0.39, 0.29) is 124 Å². The van der Waals surface area contributed by atoms with Crippen molar-refractivity contribution >= 4 is 46.6 Å². The maximum Gasteiger partial charge on any atom is 0.407 e. The minimum Gasteiger partial charge on any atom is -0.461 e. The van der Waals surface area contributed by atoms with Gasteiger partial charge in [0.15, 0.2) is 17.4 Å². The molecule has 4 aliphatic carbocycles. The van der Waals surface area contributed by atoms with Gasteiger partial charge in [-0.25, -0.2) is 33.3 Å². The summed E-state index contributed by atoms with van der Waals surface area (Å²) < 4.78 is 85.8. The summed E-state index contributed by atoms with van der Waals surface area (Å²) in [5, 5.41) is 8.64. The number of nitrogens with zero attached hydrogens (tertiary/aromatic N) is 3. The van der Waals surface area contributed by atoms with Gasteiger partial charge in [0.25, 0.3) is 0 Å². The van der Waals surface area contributed by atoms with Crippen molar-refractivity contribution in [3.05, 3.63) is 137 Å². The normalized spacial score (nSPS) is 16.8. The summed E-state index contributed by atoms with van der Waals surface area (Å²) in [6, 6.07) is 23.2. The molecule has 0 radical (unpaired) electrons. The molecule has 4 atom stereocenters. The van der Waals surface area contributed by atoms with E-state index in [0.29, 0.717) is 133 Å². The van der Waals surface area contributed by atoms with E-state index in [1.54, 1.807) is 30.5 Å². The fourth-order valence-electron chi connectivity index (χ4n) is 13.4. The van der Waals surface area contributed by atoms with E-state index < -0.39 is 47.5 Å². The van der Waals surface area contributed by atoms with E-state index in [1.807, 2.05) is 38.1 Å². The van der Waals surface area contributed by atoms with Gasteiger partial charge in [0.1, 0.15) is 30.5 Å². The Kier molecular flexibility index (Phi) is 31.3. The monoisotopic (exact) mass is 1400 g/mol. The molecule has 3 aromatic heterocycles. The molecule has 24 nitrogen and oxygen atoms in total. The number of fused-ring (bicyclic) bond motifs is 7. The zero-order valence-electron chi connectivity index (χ0n) is 57.8. The standard InChI is InChI=1S/C75H96F2N8O16/c1-49(2)60(42-55(86)21-24-92-26-28-94-30-32-96-34-36-98-38-39-99-37-35-97-33-31-95-29-27-93-25-23-80-75(91)101-48-64-58-10-5-3-8-56(58)57-9-4-6-11-59(57)64)72(88)85-66(12-7-22-79-74(78)90)68(87)40-50-13-15-51(16-14-50)47-100-73(89)69-53-19-17-52(18-20-53)61(69)43-67-65(77)46-83-71(84-67)63-45-82-70-62(63)41-54(76)44-81-70/h3-6,8-11,13-16,41,44-46,49,52-53,60-61,64,66,69H,7,12,17-40,42-43,47-48H2,1-2H3,(H,80,91)(H,81,82)(H,85,88)(H3,78,79,90)/t52?,53?,60-,61-,66-,69-/m0/s1. The number of hydrogen-bond donors (Lipinski definition) is 5. The fourth-order valence-corrected chi connectivity index (χ4v) is 13.4. The van der Waals surface area contributed by atoms with E-state index >= 15 is 4.39 Å². The molecule has 10 rings (SSSR count). The molecule has 3 heterocycles. The largest absolute Gasteiger partial charge is 0.461 e. The number of ether oxygens (including phenoxy) is 10. The zero-order valence-corrected chi connectivity index (χ0v) is 57.8. The van der Waals surface area contributed by atoms with Crippen LogP contribution in [0.3, 0.4) is 0 Å². The number of esters is 1. The number of nitrogens with two attached hydrogens (primary N) is 1. The molecule has 26 heteroatoms. The molecule has 3 fully saturated rings. The molecule has 0 spiro atoms. The second kappa shape index (κ2) is 41.0. The maximum atomic E-state index is 15.5. The van der Waals surface area contributed by atoms with E-state index in [2.05, 4.69) is 60.2 Å². The van der Waals surface area contributed by atoms with Crippen LogP contribution in [0.4, 0.5) is 18.4 Å². The number of primary amides is 1. The predicted octanol–water partition coefficient (Wildman–Crippen LogP) is 8.97. The number of hydrogen-bond acceptors (Lipinski definition) is 19. The Morgan fingerprint density at radius 3 is 1.79 bits per heavy atom. The number of carbonyl (C=O) groups excluding carboxylic acids is 6. The van der Waals surface area contributed by atoms with Crippen molar-refractivity contribution in [2.24, 2.45) is 41.2 Å². The van der Waals surface area contributed by atoms with Gasteiger partial charge in [0.2, 0.25) is 5.91 Å². The molecule has 546 valence electrons. The number of urea groups is 1. The Labute approximate surface area is 587 Å². The lowest BCUT2D eigenvalue weighted by Gasteiger charge is -2.47. The van der Waals surface area contributed by atoms with Gasteiger partial charge in [-0.15, -0.1) is 0 Å². The lowest BCUT2D eigenvalue weighted by atomic mass is 9.57. The van der Waals surface area contributed by atoms with Crippen LogP contribution in [-0.2, 0) is 86.0 Å². The number of aromatic nitrogens is 4. The summed E-state index contributed by atoms with van der Waals surface area (Å²) in [6.07, 6.45) is 7.72. The first-order chi connectivity index (χ1) is 49.2. The molecule has 6 aromatic rings. The fraction of sp³-hybridized carbons (Fsp3) is 0.533. The highest BCUT2D eigenvalue weighted by molar-refractivity contribution is 5.93. The third-order valence-corrected chi connectivity index (χ3v) is 18.7. The number of nitrogens with one attached hydrogen (secondary N) is 4. The number of benzene rings is 3. The molecule has 6 N–H and O–H groups in total. The highest BCUT2D eigenvalue weighted by atomic mass is 19.1. The number of pyridine rings is 1. The predicted molar refractivity (Wildman–Crippen MR) is 369 cm³/mol. The van der Waals surface area contributed by atoms with Crippen LogP contribution < -0.4 is 21.7 Å². The zero-order chi connectivity index (χ0) is 71.1. The topological polar surface area (TPSA) is 311 Å². The summed E-state index contributed by atoms with van der Waals surface area (Å²) in [6.45, 7) is 10.3. The van der Waals surface area contributed by atoms with Crippen molar-refractivity contribution < 1.29 is 84.9 Å². The summed E-state index contributed by atoms with van der Waals surface area (Å²) in [4.78, 5) is 94.7. The van der Waals surface area contributed by atoms with Crippen LogP contribution in [0, 0.1) is 47.1 Å². The molecule has 0 saturated heterocycles. The molecule has 0 aliphatic heterocycles. The van der Waals surface area contributed by atoms with Crippen molar-refractivity contribution in [3.63, 3.8) is 0 Å². The van der Waals surface area contributed by atoms with Gasteiger partial charge in [0.05, 0.1) is 136 Å². The van der Waals surface area contributed by atoms with Crippen LogP contribution in [-0.4, -0.2) is 187 Å². The number of halogens is 2. The van der Waals surface area contributed by atoms with Crippen molar-refractivity contribution in [2.45, 2.75) is 96.6 Å². The molecule has 0 unspecified atom stereocenters. The minimum atomic E-state index is -0.926. The highest BCUT2D eigenvalue weighted by Gasteiger charge is 2.48. The van der Waals surface area contributed by atoms with Crippen LogP contribution in [0.2, 0.25) is 0 Å². The summed E-state index contributed by atoms with van der Waals surface area (Å²) in [7, 11) is 0. The number of Topliss-reactive ketones (excluding diaryl/α,β-unsaturated/α-hetero) is 2. The molecule has 101 heavy (non-hydrogen) atoms. The Balaban J connectivity index is 0.569. The second-order valence-electron chi connectivity index (χ2n) is 25.9. The van der Waals surface area contributed by atoms with Crippen molar-refractivity contribution in [2.75, 3.05) is 125 Å². The molecule has 4 amide bonds. The molecular weight excluding hydrogens is 1310 g/mol. The minimum absolute atomic E-state index is 0.00732. The van der Waals surface area contributed by atoms with Gasteiger partial charge in [0, 0.05) is 61.3 Å². The van der Waals surface area contributed by atoms with Crippen LogP contribution in [0.1, 0.15) is 99.1 Å². The summed E-state index contributed by atoms with van der Waals surface area (Å²) in [5.41, 5.74) is 12.5. The smallest absolute Gasteiger partial charge is 0.407 e. The van der Waals surface area contributed by atoms with Gasteiger partial charge in [-0.1, -0.05) is 86.6 Å². The molecular formula is C75H96F2N8O16. The van der Waals surface area contributed by atoms with Gasteiger partial charge in [-0.2, -0.15) is 0 Å². The van der Waals surface area contributed by atoms with Crippen LogP contribution in [0.25, 0.3) is 33.5 Å². The Hall–Kier alpha value is -8.21. The number of alkyl carbamates (subject to hydrolysis) is 1. The maximum absolute atomic E-state index is 15.5. The quantitative estimate of drug-likeness (QED) is 0.0176. The van der Waals surface area contributed by atoms with Gasteiger partial charge in [-0.05, 0) is 108 Å². The molecule has 2 bridgehead atoms. The average molecular weight is 1400 g/mol. The third kappa shape index (κ3) is 23.9. The Morgan fingerprint density at radius 1 is 0.634 bits per heavy atom. The summed E-state index contributed by atoms with van der Waals surface area (Å²) >= 11 is 0. The van der Waals surface area contributed by atoms with Crippen molar-refractivity contribution in [3.8, 4) is 22.5 Å². The summed E-state index contributed by atoms with van der Waals surface area (Å²) in [5.74, 6) is -3.44. The first-order valence-electron chi connectivity index (χ1n) is 35.2. The number of aromatic amines is 1. The first kappa shape index (κ1) is 77.0. The number of ketones is 2. The van der Waals surface area contributed by atoms with E-state index in [1.165, 1.54) is 17.2 Å². The van der Waals surface area contributed by atoms with Gasteiger partial charge >= 0.3 is 18.1 Å². The van der Waals surface area contributed by atoms with Gasteiger partial charge in [-0.3, -0.25) is 19.2 Å². The van der Waals surface area contributed by atoms with Gasteiger partial charge < -0.3 is 74.0 Å². The van der Waals surface area contributed by atoms with Crippen molar-refractivity contribution in [1.29, 1.82) is 0 Å². The van der Waals surface area contributed by atoms with E-state index in [4.69, 9.17) is 53.1 Å². The molecule has 3 saturated carbocycles. The SMILES string of the molecule is CC(C)[C@H](CC(=O)CCOCCOCCOCCOCCOCCOCCOCCOCCNC(=O)OCC1c2ccccc2-c2ccccc21)C(=O)N[C@@H](CCCNC(N)=O)C(=O)Cc1ccc(COC(=O)[C@H]2C3CCC(CC3)[C@@H]2Cc2nc(-c3c[nH]c4ncc(F)cc34)ncc2F)cc1. The van der Waals surface area contributed by atoms with Crippen LogP contribution >= 0.6 is 0 Å². The first-order valence-corrected chi connectivity index (χ1v) is 35.2. The Morgan fingerprint density at radius 2 is 1.20 bits per heavy atom. The Bertz CT molecular complexity index is 3570. The lowest BCUT2D eigenvalue weighted by molar-refractivity contribution is -0.160. The number of rotatable bonds is 47. The number of amides is 4. The average Bonchev–Trinajstić information content (AvgIpc) is 1.76. The van der Waals surface area contributed by atoms with Crippen molar-refractivity contribution in [1.82, 2.24) is 35.9 Å². The van der Waals surface area contributed by atoms with E-state index in [9.17, 15) is 33.2 Å². The number of carbonyl (C=O) groups is 6. The highest BCUT2D eigenvalue weighted by Crippen LogP contribution is 2.51. The molecule has 3 aromatic carbocycles. The molecule has 4 aliphatic rings. The van der Waals surface area contributed by atoms with Crippen LogP contribution in [0.15, 0.2) is 97.5 Å². The second-order valence-corrected chi connectivity index (χ2v) is 25.9. The van der Waals surface area contributed by atoms with E-state index in [0.717, 1.165) is 49.2 Å². The lowest BCUT2D eigenvalue weighted by Crippen LogP contribution is -2.46. The third-order valence-electron chi connectivity index (χ3n) is 18.7. The number of H-pyrrole nitrogens is 1.